The highest BCUT2D eigenvalue weighted by atomic mass is 35.5. The standard InChI is InChI=1S/C21H26ClN7O2S/c22-16-6-23-19(24-7-16)27-9-14-11-28(12-15(14)10-27)20-25-8-17-18(26-20)29(4-5-32(17)31)21(13-30)2-1-3-21/h6-8,14-15,30H,1-5,9-13H2/t14?,15?,32-/m1/s1. The van der Waals surface area contributed by atoms with E-state index in [-0.39, 0.29) is 12.1 Å². The fourth-order valence-corrected chi connectivity index (χ4v) is 6.79. The number of halogens is 1. The second-order valence-electron chi connectivity index (χ2n) is 9.33. The van der Waals surface area contributed by atoms with Gasteiger partial charge in [-0.3, -0.25) is 4.21 Å². The summed E-state index contributed by atoms with van der Waals surface area (Å²) in [5, 5.41) is 10.7. The maximum absolute atomic E-state index is 12.6. The second-order valence-corrected chi connectivity index (χ2v) is 11.3. The van der Waals surface area contributed by atoms with Gasteiger partial charge in [0.2, 0.25) is 11.9 Å². The minimum absolute atomic E-state index is 0.106. The van der Waals surface area contributed by atoms with E-state index in [4.69, 9.17) is 16.6 Å². The molecule has 0 radical (unpaired) electrons. The predicted octanol–water partition coefficient (Wildman–Crippen LogP) is 1.34. The van der Waals surface area contributed by atoms with E-state index < -0.39 is 10.8 Å². The molecule has 2 aromatic rings. The quantitative estimate of drug-likeness (QED) is 0.702. The predicted molar refractivity (Wildman–Crippen MR) is 123 cm³/mol. The molecule has 5 heterocycles. The Hall–Kier alpha value is -2.04. The molecule has 1 saturated carbocycles. The van der Waals surface area contributed by atoms with Crippen LogP contribution >= 0.6 is 11.6 Å². The summed E-state index contributed by atoms with van der Waals surface area (Å²) in [4.78, 5) is 25.6. The summed E-state index contributed by atoms with van der Waals surface area (Å²) >= 11 is 5.92. The minimum atomic E-state index is -1.09. The topological polar surface area (TPSA) is 98.6 Å². The van der Waals surface area contributed by atoms with E-state index in [0.29, 0.717) is 40.0 Å². The summed E-state index contributed by atoms with van der Waals surface area (Å²) in [6.07, 6.45) is 8.03. The summed E-state index contributed by atoms with van der Waals surface area (Å²) in [7, 11) is -1.09. The van der Waals surface area contributed by atoms with Crippen molar-refractivity contribution in [1.29, 1.82) is 0 Å². The molecule has 2 saturated heterocycles. The van der Waals surface area contributed by atoms with E-state index in [1.54, 1.807) is 18.6 Å². The maximum atomic E-state index is 12.6. The van der Waals surface area contributed by atoms with Crippen molar-refractivity contribution < 1.29 is 9.32 Å². The fraction of sp³-hybridized carbons (Fsp3) is 0.619. The molecule has 11 heteroatoms. The Morgan fingerprint density at radius 1 is 1.03 bits per heavy atom. The van der Waals surface area contributed by atoms with Crippen molar-refractivity contribution >= 4 is 40.1 Å². The lowest BCUT2D eigenvalue weighted by Crippen LogP contribution is -2.59. The van der Waals surface area contributed by atoms with Gasteiger partial charge in [0, 0.05) is 50.3 Å². The Labute approximate surface area is 194 Å². The molecule has 3 atom stereocenters. The lowest BCUT2D eigenvalue weighted by molar-refractivity contribution is 0.115. The zero-order chi connectivity index (χ0) is 21.9. The average Bonchev–Trinajstić information content (AvgIpc) is 3.35. The van der Waals surface area contributed by atoms with Crippen molar-refractivity contribution in [3.63, 3.8) is 0 Å². The Balaban J connectivity index is 1.22. The van der Waals surface area contributed by atoms with Crippen LogP contribution in [-0.4, -0.2) is 79.9 Å². The molecule has 9 nitrogen and oxygen atoms in total. The van der Waals surface area contributed by atoms with Crippen molar-refractivity contribution in [3.8, 4) is 0 Å². The number of aliphatic hydroxyl groups excluding tert-OH is 1. The van der Waals surface area contributed by atoms with Crippen LogP contribution in [0, 0.1) is 11.8 Å². The molecule has 3 aliphatic heterocycles. The first-order valence-electron chi connectivity index (χ1n) is 11.2. The number of fused-ring (bicyclic) bond motifs is 2. The van der Waals surface area contributed by atoms with E-state index in [1.165, 1.54) is 0 Å². The van der Waals surface area contributed by atoms with Crippen LogP contribution in [0.3, 0.4) is 0 Å². The van der Waals surface area contributed by atoms with Gasteiger partial charge in [0.1, 0.15) is 0 Å². The molecule has 4 aliphatic rings. The molecule has 0 spiro atoms. The van der Waals surface area contributed by atoms with Crippen LogP contribution in [0.1, 0.15) is 19.3 Å². The van der Waals surface area contributed by atoms with Crippen molar-refractivity contribution in [2.75, 3.05) is 59.8 Å². The fourth-order valence-electron chi connectivity index (χ4n) is 5.60. The zero-order valence-corrected chi connectivity index (χ0v) is 19.3. The molecule has 0 bridgehead atoms. The molecule has 0 aromatic carbocycles. The van der Waals surface area contributed by atoms with Crippen LogP contribution < -0.4 is 14.7 Å². The number of aromatic nitrogens is 4. The van der Waals surface area contributed by atoms with Gasteiger partial charge >= 0.3 is 0 Å². The van der Waals surface area contributed by atoms with Crippen LogP contribution in [0.15, 0.2) is 23.5 Å². The van der Waals surface area contributed by atoms with Gasteiger partial charge in [-0.05, 0) is 19.3 Å². The first-order chi connectivity index (χ1) is 15.6. The van der Waals surface area contributed by atoms with Gasteiger partial charge in [0.15, 0.2) is 5.82 Å². The van der Waals surface area contributed by atoms with E-state index in [0.717, 1.165) is 57.2 Å². The van der Waals surface area contributed by atoms with E-state index in [2.05, 4.69) is 29.7 Å². The van der Waals surface area contributed by atoms with Gasteiger partial charge in [-0.1, -0.05) is 11.6 Å². The maximum Gasteiger partial charge on any atom is 0.227 e. The summed E-state index contributed by atoms with van der Waals surface area (Å²) in [5.74, 6) is 3.73. The first-order valence-corrected chi connectivity index (χ1v) is 12.9. The van der Waals surface area contributed by atoms with Crippen LogP contribution in [0.2, 0.25) is 5.02 Å². The highest BCUT2D eigenvalue weighted by Gasteiger charge is 2.46. The van der Waals surface area contributed by atoms with Crippen molar-refractivity contribution in [2.45, 2.75) is 29.7 Å². The molecule has 6 rings (SSSR count). The summed E-state index contributed by atoms with van der Waals surface area (Å²) < 4.78 is 12.6. The SMILES string of the molecule is O=[S@@]1CCN(C2(CO)CCC2)c2nc(N3CC4CN(c5ncc(Cl)cn5)CC4C3)ncc21. The number of anilines is 3. The lowest BCUT2D eigenvalue weighted by Gasteiger charge is -2.51. The van der Waals surface area contributed by atoms with Gasteiger partial charge in [-0.15, -0.1) is 0 Å². The Morgan fingerprint density at radius 2 is 1.66 bits per heavy atom. The molecule has 2 aromatic heterocycles. The van der Waals surface area contributed by atoms with Gasteiger partial charge < -0.3 is 19.8 Å². The molecule has 1 aliphatic carbocycles. The van der Waals surface area contributed by atoms with Crippen LogP contribution in [0.25, 0.3) is 0 Å². The highest BCUT2D eigenvalue weighted by molar-refractivity contribution is 7.85. The molecular formula is C21H26ClN7O2S. The number of nitrogens with zero attached hydrogens (tertiary/aromatic N) is 7. The van der Waals surface area contributed by atoms with E-state index in [1.807, 2.05) is 0 Å². The van der Waals surface area contributed by atoms with E-state index in [9.17, 15) is 9.32 Å². The van der Waals surface area contributed by atoms with Gasteiger partial charge in [0.05, 0.1) is 51.5 Å². The minimum Gasteiger partial charge on any atom is -0.394 e. The third-order valence-corrected chi connectivity index (χ3v) is 9.06. The number of hydrogen-bond donors (Lipinski definition) is 1. The summed E-state index contributed by atoms with van der Waals surface area (Å²) in [5.41, 5.74) is -0.258. The zero-order valence-electron chi connectivity index (χ0n) is 17.7. The van der Waals surface area contributed by atoms with Crippen LogP contribution in [0.4, 0.5) is 17.7 Å². The molecule has 32 heavy (non-hydrogen) atoms. The smallest absolute Gasteiger partial charge is 0.227 e. The summed E-state index contributed by atoms with van der Waals surface area (Å²) in [6.45, 7) is 4.32. The largest absolute Gasteiger partial charge is 0.394 e. The third-order valence-electron chi connectivity index (χ3n) is 7.53. The first kappa shape index (κ1) is 20.6. The van der Waals surface area contributed by atoms with Gasteiger partial charge in [-0.2, -0.15) is 4.98 Å². The third kappa shape index (κ3) is 3.26. The van der Waals surface area contributed by atoms with Crippen LogP contribution in [0.5, 0.6) is 0 Å². The Kier molecular flexibility index (Phi) is 5.00. The van der Waals surface area contributed by atoms with Gasteiger partial charge in [-0.25, -0.2) is 15.0 Å². The monoisotopic (exact) mass is 475 g/mol. The van der Waals surface area contributed by atoms with Gasteiger partial charge in [0.25, 0.3) is 0 Å². The second kappa shape index (κ2) is 7.78. The molecule has 2 unspecified atom stereocenters. The molecule has 170 valence electrons. The summed E-state index contributed by atoms with van der Waals surface area (Å²) in [6, 6.07) is 0. The van der Waals surface area contributed by atoms with Crippen molar-refractivity contribution in [1.82, 2.24) is 19.9 Å². The number of aliphatic hydroxyl groups is 1. The Bertz CT molecular complexity index is 1030. The van der Waals surface area contributed by atoms with Crippen LogP contribution in [-0.2, 0) is 10.8 Å². The molecule has 0 amide bonds. The van der Waals surface area contributed by atoms with Crippen molar-refractivity contribution in [3.05, 3.63) is 23.6 Å². The molecule has 1 N–H and O–H groups in total. The number of hydrogen-bond acceptors (Lipinski definition) is 9. The Morgan fingerprint density at radius 3 is 2.25 bits per heavy atom. The van der Waals surface area contributed by atoms with Crippen molar-refractivity contribution in [2.24, 2.45) is 11.8 Å². The normalized spacial score (nSPS) is 28.4. The lowest BCUT2D eigenvalue weighted by atomic mass is 9.76. The number of rotatable bonds is 4. The molecule has 3 fully saturated rings. The molecular weight excluding hydrogens is 450 g/mol. The van der Waals surface area contributed by atoms with E-state index >= 15 is 0 Å². The average molecular weight is 476 g/mol. The highest BCUT2D eigenvalue weighted by Crippen LogP contribution is 2.43.